The number of aryl methyl sites for hydroxylation is 2. The predicted octanol–water partition coefficient (Wildman–Crippen LogP) is 3.35. The summed E-state index contributed by atoms with van der Waals surface area (Å²) in [6, 6.07) is 12.7. The minimum Gasteiger partial charge on any atom is -0.364 e. The Bertz CT molecular complexity index is 1630. The summed E-state index contributed by atoms with van der Waals surface area (Å²) >= 11 is 0. The van der Waals surface area contributed by atoms with E-state index >= 15 is 0 Å². The summed E-state index contributed by atoms with van der Waals surface area (Å²) in [5.74, 6) is -0.369. The number of nitrogens with two attached hydrogens (primary N) is 1. The molecule has 1 unspecified atom stereocenters. The second-order valence-corrected chi connectivity index (χ2v) is 11.8. The monoisotopic (exact) mass is 535 g/mol. The van der Waals surface area contributed by atoms with E-state index < -0.39 is 5.91 Å². The van der Waals surface area contributed by atoms with E-state index in [4.69, 9.17) is 5.73 Å². The first-order valence-electron chi connectivity index (χ1n) is 14.1. The fourth-order valence-corrected chi connectivity index (χ4v) is 6.85. The highest BCUT2D eigenvalue weighted by atomic mass is 16.2. The number of nitrogens with zero attached hydrogens (tertiary/aromatic N) is 6. The number of primary amides is 1. The van der Waals surface area contributed by atoms with Crippen molar-refractivity contribution in [1.29, 1.82) is 0 Å². The van der Waals surface area contributed by atoms with Crippen molar-refractivity contribution in [2.75, 3.05) is 26.2 Å². The summed E-state index contributed by atoms with van der Waals surface area (Å²) in [7, 11) is 0. The molecular weight excluding hydrogens is 502 g/mol. The molecule has 1 aromatic carbocycles. The molecule has 0 radical (unpaired) electrons. The van der Waals surface area contributed by atoms with Gasteiger partial charge in [-0.25, -0.2) is 15.0 Å². The highest BCUT2D eigenvalue weighted by Crippen LogP contribution is 2.48. The molecule has 2 amide bonds. The van der Waals surface area contributed by atoms with Crippen molar-refractivity contribution in [1.82, 2.24) is 29.2 Å². The van der Waals surface area contributed by atoms with Crippen molar-refractivity contribution >= 4 is 17.5 Å². The lowest BCUT2D eigenvalue weighted by molar-refractivity contribution is -0.136. The maximum Gasteiger partial charge on any atom is 0.267 e. The Morgan fingerprint density at radius 3 is 2.70 bits per heavy atom. The minimum absolute atomic E-state index is 0.179. The molecule has 4 aromatic rings. The molecule has 1 atom stereocenters. The van der Waals surface area contributed by atoms with Gasteiger partial charge in [-0.15, -0.1) is 0 Å². The summed E-state index contributed by atoms with van der Waals surface area (Å²) in [6.45, 7) is 5.91. The smallest absolute Gasteiger partial charge is 0.267 e. The first-order chi connectivity index (χ1) is 19.4. The van der Waals surface area contributed by atoms with Crippen LogP contribution < -0.4 is 5.73 Å². The molecule has 7 rings (SSSR count). The van der Waals surface area contributed by atoms with Crippen molar-refractivity contribution in [3.8, 4) is 11.3 Å². The molecule has 9 heteroatoms. The zero-order valence-electron chi connectivity index (χ0n) is 22.7. The highest BCUT2D eigenvalue weighted by Gasteiger charge is 2.48. The van der Waals surface area contributed by atoms with Crippen LogP contribution in [0.1, 0.15) is 58.2 Å². The Balaban J connectivity index is 0.954. The number of imidazole rings is 1. The molecule has 1 spiro atoms. The molecule has 2 fully saturated rings. The third-order valence-electron chi connectivity index (χ3n) is 9.10. The molecule has 1 aliphatic carbocycles. The van der Waals surface area contributed by atoms with E-state index in [1.54, 1.807) is 6.07 Å². The van der Waals surface area contributed by atoms with E-state index in [1.807, 2.05) is 27.8 Å². The second-order valence-electron chi connectivity index (χ2n) is 11.8. The number of piperidine rings is 1. The Morgan fingerprint density at radius 2 is 1.90 bits per heavy atom. The molecule has 3 aliphatic rings. The standard InChI is InChI=1S/C31H33N7O2/c1-20-6-9-37-16-23(35-28(37)12-20)14-29(39)36-10-7-31(8-11-36)17-38(18-31)27-5-3-21-13-22(2-4-24(21)27)25-15-26(30(32)40)34-19-33-25/h2,4,6,9,12-13,15-16,19,27H,3,5,7-8,10-11,14,17-18H2,1H3,(H2,32,40). The van der Waals surface area contributed by atoms with Crippen LogP contribution in [0.2, 0.25) is 0 Å². The van der Waals surface area contributed by atoms with Crippen molar-refractivity contribution in [2.24, 2.45) is 11.1 Å². The third kappa shape index (κ3) is 4.44. The lowest BCUT2D eigenvalue weighted by Crippen LogP contribution is -2.61. The van der Waals surface area contributed by atoms with E-state index in [9.17, 15) is 9.59 Å². The molecule has 40 heavy (non-hydrogen) atoms. The summed E-state index contributed by atoms with van der Waals surface area (Å²) in [5.41, 5.74) is 13.3. The average Bonchev–Trinajstić information content (AvgIpc) is 3.54. The maximum atomic E-state index is 13.1. The zero-order chi connectivity index (χ0) is 27.4. The van der Waals surface area contributed by atoms with E-state index in [0.29, 0.717) is 17.9 Å². The van der Waals surface area contributed by atoms with Gasteiger partial charge in [0.05, 0.1) is 17.8 Å². The van der Waals surface area contributed by atoms with Crippen LogP contribution in [0.4, 0.5) is 0 Å². The lowest BCUT2D eigenvalue weighted by Gasteiger charge is -2.56. The molecule has 3 aromatic heterocycles. The Hall–Kier alpha value is -4.11. The molecule has 2 N–H and O–H groups in total. The van der Waals surface area contributed by atoms with Crippen molar-refractivity contribution in [3.05, 3.63) is 83.2 Å². The van der Waals surface area contributed by atoms with E-state index in [1.165, 1.54) is 23.0 Å². The number of amides is 2. The third-order valence-corrected chi connectivity index (χ3v) is 9.10. The number of aromatic nitrogens is 4. The van der Waals surface area contributed by atoms with Gasteiger partial charge in [-0.1, -0.05) is 12.1 Å². The van der Waals surface area contributed by atoms with Gasteiger partial charge in [-0.05, 0) is 79.0 Å². The molecule has 2 aliphatic heterocycles. The molecular formula is C31H33N7O2. The van der Waals surface area contributed by atoms with Gasteiger partial charge in [-0.2, -0.15) is 0 Å². The minimum atomic E-state index is -0.548. The Kier molecular flexibility index (Phi) is 5.92. The Morgan fingerprint density at radius 1 is 1.07 bits per heavy atom. The van der Waals surface area contributed by atoms with Gasteiger partial charge < -0.3 is 15.0 Å². The fraction of sp³-hybridized carbons (Fsp3) is 0.387. The number of fused-ring (bicyclic) bond motifs is 2. The van der Waals surface area contributed by atoms with Crippen LogP contribution in [0, 0.1) is 12.3 Å². The van der Waals surface area contributed by atoms with E-state index in [-0.39, 0.29) is 11.6 Å². The number of hydrogen-bond donors (Lipinski definition) is 1. The predicted molar refractivity (Wildman–Crippen MR) is 151 cm³/mol. The van der Waals surface area contributed by atoms with Crippen LogP contribution in [0.25, 0.3) is 16.9 Å². The summed E-state index contributed by atoms with van der Waals surface area (Å²) in [5, 5.41) is 0. The number of hydrogen-bond acceptors (Lipinski definition) is 6. The molecule has 0 bridgehead atoms. The number of carbonyl (C=O) groups is 2. The van der Waals surface area contributed by atoms with Gasteiger partial charge in [0.2, 0.25) is 5.91 Å². The number of benzene rings is 1. The highest BCUT2D eigenvalue weighted by molar-refractivity contribution is 5.91. The molecule has 0 saturated carbocycles. The van der Waals surface area contributed by atoms with E-state index in [2.05, 4.69) is 51.0 Å². The van der Waals surface area contributed by atoms with Crippen LogP contribution in [0.5, 0.6) is 0 Å². The molecule has 5 heterocycles. The van der Waals surface area contributed by atoms with Crippen molar-refractivity contribution in [2.45, 2.75) is 45.1 Å². The van der Waals surface area contributed by atoms with Crippen molar-refractivity contribution < 1.29 is 9.59 Å². The van der Waals surface area contributed by atoms with E-state index in [0.717, 1.165) is 74.5 Å². The zero-order valence-corrected chi connectivity index (χ0v) is 22.7. The molecule has 2 saturated heterocycles. The van der Waals surface area contributed by atoms with Crippen LogP contribution in [-0.2, 0) is 17.6 Å². The number of carbonyl (C=O) groups excluding carboxylic acids is 2. The molecule has 9 nitrogen and oxygen atoms in total. The first-order valence-corrected chi connectivity index (χ1v) is 14.1. The van der Waals surface area contributed by atoms with Gasteiger partial charge >= 0.3 is 0 Å². The summed E-state index contributed by atoms with van der Waals surface area (Å²) in [4.78, 5) is 42.2. The number of rotatable bonds is 5. The van der Waals surface area contributed by atoms with Gasteiger partial charge in [-0.3, -0.25) is 14.5 Å². The normalized spacial score (nSPS) is 20.0. The number of pyridine rings is 1. The van der Waals surface area contributed by atoms with Gasteiger partial charge in [0.15, 0.2) is 0 Å². The van der Waals surface area contributed by atoms with Gasteiger partial charge in [0.25, 0.3) is 5.91 Å². The van der Waals surface area contributed by atoms with Crippen LogP contribution in [-0.4, -0.2) is 67.1 Å². The van der Waals surface area contributed by atoms with Crippen LogP contribution >= 0.6 is 0 Å². The second kappa shape index (κ2) is 9.52. The Labute approximate surface area is 233 Å². The maximum absolute atomic E-state index is 13.1. The average molecular weight is 536 g/mol. The quantitative estimate of drug-likeness (QED) is 0.420. The van der Waals surface area contributed by atoms with Crippen LogP contribution in [0.15, 0.2) is 55.1 Å². The van der Waals surface area contributed by atoms with Gasteiger partial charge in [0, 0.05) is 50.2 Å². The summed E-state index contributed by atoms with van der Waals surface area (Å²) < 4.78 is 1.99. The van der Waals surface area contributed by atoms with Crippen molar-refractivity contribution in [3.63, 3.8) is 0 Å². The topological polar surface area (TPSA) is 110 Å². The van der Waals surface area contributed by atoms with Gasteiger partial charge in [0.1, 0.15) is 17.7 Å². The summed E-state index contributed by atoms with van der Waals surface area (Å²) in [6.07, 6.45) is 10.0. The number of likely N-dealkylation sites (tertiary alicyclic amines) is 2. The SMILES string of the molecule is Cc1ccn2cc(CC(=O)N3CCC4(CC3)CN(C3CCc5cc(-c6cc(C(N)=O)ncn6)ccc53)C4)nc2c1. The fourth-order valence-electron chi connectivity index (χ4n) is 6.85. The first kappa shape index (κ1) is 24.9. The largest absolute Gasteiger partial charge is 0.364 e. The lowest BCUT2D eigenvalue weighted by atomic mass is 9.71. The van der Waals surface area contributed by atoms with Crippen LogP contribution in [0.3, 0.4) is 0 Å². The molecule has 204 valence electrons.